The Labute approximate surface area is 144 Å². The van der Waals surface area contributed by atoms with E-state index < -0.39 is 0 Å². The van der Waals surface area contributed by atoms with Crippen LogP contribution >= 0.6 is 24.8 Å². The molecular weight excluding hydrogens is 321 g/mol. The van der Waals surface area contributed by atoms with Crippen LogP contribution in [0.4, 0.5) is 5.82 Å². The van der Waals surface area contributed by atoms with Gasteiger partial charge in [0, 0.05) is 36.8 Å². The lowest BCUT2D eigenvalue weighted by Crippen LogP contribution is -2.39. The average molecular weight is 344 g/mol. The van der Waals surface area contributed by atoms with Gasteiger partial charge in [-0.05, 0) is 32.6 Å². The fraction of sp³-hybridized carbons (Fsp3) is 0.667. The summed E-state index contributed by atoms with van der Waals surface area (Å²) in [6.07, 6.45) is 5.52. The smallest absolute Gasteiger partial charge is 0.132 e. The molecule has 7 heteroatoms. The molecule has 0 radical (unpaired) electrons. The van der Waals surface area contributed by atoms with Crippen molar-refractivity contribution in [2.75, 3.05) is 18.0 Å². The van der Waals surface area contributed by atoms with E-state index in [-0.39, 0.29) is 30.2 Å². The Hall–Kier alpha value is -1.09. The third-order valence-electron chi connectivity index (χ3n) is 4.73. The van der Waals surface area contributed by atoms with Gasteiger partial charge in [-0.1, -0.05) is 0 Å². The highest BCUT2D eigenvalue weighted by molar-refractivity contribution is 5.85. The van der Waals surface area contributed by atoms with Crippen LogP contribution in [0.5, 0.6) is 0 Å². The Bertz CT molecular complexity index is 531. The minimum absolute atomic E-state index is 0. The Morgan fingerprint density at radius 1 is 1.27 bits per heavy atom. The summed E-state index contributed by atoms with van der Waals surface area (Å²) in [5, 5.41) is 9.18. The lowest BCUT2D eigenvalue weighted by atomic mass is 9.78. The first-order chi connectivity index (χ1) is 9.59. The van der Waals surface area contributed by atoms with Crippen molar-refractivity contribution in [2.24, 2.45) is 11.1 Å². The molecular formula is C15H23Cl2N5. The molecule has 122 valence electrons. The molecule has 2 aliphatic rings. The highest BCUT2D eigenvalue weighted by atomic mass is 35.5. The van der Waals surface area contributed by atoms with Gasteiger partial charge in [-0.3, -0.25) is 0 Å². The highest BCUT2D eigenvalue weighted by Gasteiger charge is 2.32. The van der Waals surface area contributed by atoms with Crippen LogP contribution in [0.25, 0.3) is 0 Å². The summed E-state index contributed by atoms with van der Waals surface area (Å²) in [6, 6.07) is 4.87. The largest absolute Gasteiger partial charge is 0.356 e. The van der Waals surface area contributed by atoms with Crippen molar-refractivity contribution >= 4 is 30.6 Å². The summed E-state index contributed by atoms with van der Waals surface area (Å²) in [5.74, 6) is 1.50. The van der Waals surface area contributed by atoms with Crippen molar-refractivity contribution in [1.82, 2.24) is 9.97 Å². The van der Waals surface area contributed by atoms with Gasteiger partial charge in [0.05, 0.1) is 11.5 Å². The maximum absolute atomic E-state index is 9.18. The van der Waals surface area contributed by atoms with E-state index in [9.17, 15) is 5.26 Å². The van der Waals surface area contributed by atoms with E-state index in [0.29, 0.717) is 12.0 Å². The van der Waals surface area contributed by atoms with E-state index in [4.69, 9.17) is 5.73 Å². The summed E-state index contributed by atoms with van der Waals surface area (Å²) in [4.78, 5) is 11.1. The maximum Gasteiger partial charge on any atom is 0.132 e. The van der Waals surface area contributed by atoms with Crippen molar-refractivity contribution < 1.29 is 0 Å². The van der Waals surface area contributed by atoms with Crippen LogP contribution in [-0.2, 0) is 0 Å². The first-order valence-corrected chi connectivity index (χ1v) is 7.33. The van der Waals surface area contributed by atoms with Crippen molar-refractivity contribution in [3.8, 4) is 6.07 Å². The molecule has 0 aromatic carbocycles. The topological polar surface area (TPSA) is 78.8 Å². The Kier molecular flexibility index (Phi) is 6.42. The molecule has 1 aliphatic heterocycles. The standard InChI is InChI=1S/C15H21N5.2ClH/c1-15(9-16)2-4-20(5-3-15)14-8-13(18-10-19-14)11-6-12(17)7-11;;/h8,10-12H,2-7,17H2,1H3;2*1H. The predicted octanol–water partition coefficient (Wildman–Crippen LogP) is 2.65. The van der Waals surface area contributed by atoms with E-state index in [2.05, 4.69) is 27.0 Å². The fourth-order valence-corrected chi connectivity index (χ4v) is 3.00. The average Bonchev–Trinajstić information content (AvgIpc) is 2.45. The number of rotatable bonds is 2. The Balaban J connectivity index is 0.00000121. The molecule has 2 heterocycles. The monoisotopic (exact) mass is 343 g/mol. The molecule has 5 nitrogen and oxygen atoms in total. The normalized spacial score (nSPS) is 26.0. The summed E-state index contributed by atoms with van der Waals surface area (Å²) in [6.45, 7) is 3.83. The van der Waals surface area contributed by atoms with Crippen LogP contribution < -0.4 is 10.6 Å². The number of aromatic nitrogens is 2. The van der Waals surface area contributed by atoms with Gasteiger partial charge in [0.25, 0.3) is 0 Å². The fourth-order valence-electron chi connectivity index (χ4n) is 3.00. The van der Waals surface area contributed by atoms with E-state index in [1.54, 1.807) is 6.33 Å². The number of nitrogens with zero attached hydrogens (tertiary/aromatic N) is 4. The summed E-state index contributed by atoms with van der Waals surface area (Å²) in [5.41, 5.74) is 6.79. The van der Waals surface area contributed by atoms with Crippen molar-refractivity contribution in [3.05, 3.63) is 18.1 Å². The van der Waals surface area contributed by atoms with Gasteiger partial charge >= 0.3 is 0 Å². The Morgan fingerprint density at radius 3 is 2.45 bits per heavy atom. The zero-order valence-electron chi connectivity index (χ0n) is 12.7. The number of anilines is 1. The van der Waals surface area contributed by atoms with E-state index in [1.165, 1.54) is 0 Å². The van der Waals surface area contributed by atoms with E-state index in [0.717, 1.165) is 50.3 Å². The molecule has 1 aromatic heterocycles. The number of hydrogen-bond donors (Lipinski definition) is 1. The molecule has 2 fully saturated rings. The van der Waals surface area contributed by atoms with Crippen LogP contribution in [0.2, 0.25) is 0 Å². The highest BCUT2D eigenvalue weighted by Crippen LogP contribution is 2.36. The molecule has 0 amide bonds. The first kappa shape index (κ1) is 19.0. The zero-order valence-corrected chi connectivity index (χ0v) is 14.4. The molecule has 0 atom stereocenters. The van der Waals surface area contributed by atoms with Crippen LogP contribution in [0.15, 0.2) is 12.4 Å². The maximum atomic E-state index is 9.18. The first-order valence-electron chi connectivity index (χ1n) is 7.33. The molecule has 1 saturated heterocycles. The van der Waals surface area contributed by atoms with E-state index in [1.807, 2.05) is 6.92 Å². The van der Waals surface area contributed by atoms with Gasteiger partial charge in [0.2, 0.25) is 0 Å². The lowest BCUT2D eigenvalue weighted by molar-refractivity contribution is 0.334. The second kappa shape index (κ2) is 7.45. The second-order valence-corrected chi connectivity index (χ2v) is 6.39. The summed E-state index contributed by atoms with van der Waals surface area (Å²) < 4.78 is 0. The van der Waals surface area contributed by atoms with Crippen molar-refractivity contribution in [1.29, 1.82) is 5.26 Å². The Morgan fingerprint density at radius 2 is 1.91 bits per heavy atom. The van der Waals surface area contributed by atoms with E-state index >= 15 is 0 Å². The molecule has 2 N–H and O–H groups in total. The van der Waals surface area contributed by atoms with Crippen LogP contribution in [0.1, 0.15) is 44.2 Å². The van der Waals surface area contributed by atoms with Gasteiger partial charge in [-0.25, -0.2) is 9.97 Å². The van der Waals surface area contributed by atoms with Gasteiger partial charge in [0.15, 0.2) is 0 Å². The molecule has 0 bridgehead atoms. The zero-order chi connectivity index (χ0) is 14.2. The third kappa shape index (κ3) is 3.81. The van der Waals surface area contributed by atoms with Gasteiger partial charge < -0.3 is 10.6 Å². The molecule has 1 aromatic rings. The summed E-state index contributed by atoms with van der Waals surface area (Å²) >= 11 is 0. The molecule has 0 spiro atoms. The molecule has 0 unspecified atom stereocenters. The minimum Gasteiger partial charge on any atom is -0.356 e. The SMILES string of the molecule is CC1(C#N)CCN(c2cc(C3CC(N)C3)ncn2)CC1.Cl.Cl. The van der Waals surface area contributed by atoms with Crippen molar-refractivity contribution in [3.63, 3.8) is 0 Å². The minimum atomic E-state index is -0.174. The molecule has 1 saturated carbocycles. The van der Waals surface area contributed by atoms with Crippen LogP contribution in [0.3, 0.4) is 0 Å². The third-order valence-corrected chi connectivity index (χ3v) is 4.73. The molecule has 1 aliphatic carbocycles. The second-order valence-electron chi connectivity index (χ2n) is 6.39. The lowest BCUT2D eigenvalue weighted by Gasteiger charge is -2.36. The quantitative estimate of drug-likeness (QED) is 0.892. The van der Waals surface area contributed by atoms with Gasteiger partial charge in [-0.15, -0.1) is 24.8 Å². The number of piperidine rings is 1. The molecule has 3 rings (SSSR count). The van der Waals surface area contributed by atoms with Crippen molar-refractivity contribution in [2.45, 2.75) is 44.6 Å². The number of nitrogens with two attached hydrogens (primary N) is 1. The van der Waals surface area contributed by atoms with Crippen LogP contribution in [-0.4, -0.2) is 29.1 Å². The number of nitriles is 1. The van der Waals surface area contributed by atoms with Gasteiger partial charge in [-0.2, -0.15) is 5.26 Å². The summed E-state index contributed by atoms with van der Waals surface area (Å²) in [7, 11) is 0. The molecule has 22 heavy (non-hydrogen) atoms. The number of hydrogen-bond acceptors (Lipinski definition) is 5. The predicted molar refractivity (Wildman–Crippen MR) is 91.6 cm³/mol. The van der Waals surface area contributed by atoms with Gasteiger partial charge in [0.1, 0.15) is 12.1 Å². The number of halogens is 2. The van der Waals surface area contributed by atoms with Crippen LogP contribution in [0, 0.1) is 16.7 Å².